The highest BCUT2D eigenvalue weighted by molar-refractivity contribution is 5.34. The molecule has 0 amide bonds. The molecule has 0 radical (unpaired) electrons. The summed E-state index contributed by atoms with van der Waals surface area (Å²) in [7, 11) is 1.81. The number of hydrogen-bond donors (Lipinski definition) is 1. The lowest BCUT2D eigenvalue weighted by molar-refractivity contribution is 0.712. The van der Waals surface area contributed by atoms with Gasteiger partial charge in [-0.25, -0.2) is 9.97 Å². The number of hydrogen-bond acceptors (Lipinski definition) is 4. The molecule has 1 N–H and O–H groups in total. The lowest BCUT2D eigenvalue weighted by atomic mass is 10.4. The fourth-order valence-corrected chi connectivity index (χ4v) is 1.57. The van der Waals surface area contributed by atoms with Crippen molar-refractivity contribution in [3.63, 3.8) is 0 Å². The highest BCUT2D eigenvalue weighted by atomic mass is 16.1. The third-order valence-corrected chi connectivity index (χ3v) is 2.37. The zero-order valence-corrected chi connectivity index (χ0v) is 9.84. The first-order chi connectivity index (χ1) is 8.19. The highest BCUT2D eigenvalue weighted by Gasteiger charge is 2.03. The lowest BCUT2D eigenvalue weighted by Crippen LogP contribution is -2.20. The van der Waals surface area contributed by atoms with Crippen LogP contribution in [0.1, 0.15) is 11.5 Å². The molecule has 0 aliphatic heterocycles. The van der Waals surface area contributed by atoms with E-state index in [0.29, 0.717) is 12.4 Å². The van der Waals surface area contributed by atoms with Crippen LogP contribution in [-0.4, -0.2) is 21.6 Å². The predicted octanol–water partition coefficient (Wildman–Crippen LogP) is 1.04. The van der Waals surface area contributed by atoms with Gasteiger partial charge in [0.2, 0.25) is 0 Å². The van der Waals surface area contributed by atoms with Gasteiger partial charge in [0.15, 0.2) is 5.82 Å². The standard InChI is InChI=1S/C12H14N4O/c1-9-7-10(13-2)15-11(14-9)8-16-6-4-3-5-12(16)17/h3-7H,8H2,1-2H3,(H,13,14,15). The predicted molar refractivity (Wildman–Crippen MR) is 66.1 cm³/mol. The quantitative estimate of drug-likeness (QED) is 0.855. The number of pyridine rings is 1. The molecule has 2 rings (SSSR count). The summed E-state index contributed by atoms with van der Waals surface area (Å²) in [5.41, 5.74) is 0.826. The minimum Gasteiger partial charge on any atom is -0.373 e. The summed E-state index contributed by atoms with van der Waals surface area (Å²) in [4.78, 5) is 20.2. The van der Waals surface area contributed by atoms with E-state index in [1.54, 1.807) is 23.9 Å². The molecule has 0 aliphatic rings. The molecule has 0 unspecified atom stereocenters. The van der Waals surface area contributed by atoms with Crippen molar-refractivity contribution in [2.24, 2.45) is 0 Å². The second-order valence-electron chi connectivity index (χ2n) is 3.73. The molecule has 0 fully saturated rings. The maximum Gasteiger partial charge on any atom is 0.250 e. The third-order valence-electron chi connectivity index (χ3n) is 2.37. The fraction of sp³-hybridized carbons (Fsp3) is 0.250. The molecule has 5 nitrogen and oxygen atoms in total. The van der Waals surface area contributed by atoms with E-state index in [9.17, 15) is 4.79 Å². The van der Waals surface area contributed by atoms with Gasteiger partial charge in [-0.1, -0.05) is 6.07 Å². The maximum atomic E-state index is 11.6. The minimum absolute atomic E-state index is 0.0522. The molecule has 17 heavy (non-hydrogen) atoms. The number of nitrogens with zero attached hydrogens (tertiary/aromatic N) is 3. The molecule has 0 bridgehead atoms. The number of rotatable bonds is 3. The van der Waals surface area contributed by atoms with Crippen LogP contribution in [0.4, 0.5) is 5.82 Å². The van der Waals surface area contributed by atoms with Gasteiger partial charge in [-0.3, -0.25) is 4.79 Å². The second kappa shape index (κ2) is 4.78. The van der Waals surface area contributed by atoms with Gasteiger partial charge in [0, 0.05) is 31.1 Å². The van der Waals surface area contributed by atoms with Gasteiger partial charge in [0.25, 0.3) is 5.56 Å². The van der Waals surface area contributed by atoms with Crippen molar-refractivity contribution < 1.29 is 0 Å². The van der Waals surface area contributed by atoms with Crippen molar-refractivity contribution in [1.29, 1.82) is 0 Å². The van der Waals surface area contributed by atoms with E-state index in [2.05, 4.69) is 15.3 Å². The first-order valence-electron chi connectivity index (χ1n) is 5.37. The number of anilines is 1. The van der Waals surface area contributed by atoms with Gasteiger partial charge in [0.05, 0.1) is 6.54 Å². The van der Waals surface area contributed by atoms with Crippen molar-refractivity contribution in [2.45, 2.75) is 13.5 Å². The Labute approximate surface area is 99.2 Å². The summed E-state index contributed by atoms with van der Waals surface area (Å²) in [5, 5.41) is 2.97. The molecule has 2 aromatic heterocycles. The van der Waals surface area contributed by atoms with Crippen molar-refractivity contribution in [3.05, 3.63) is 52.3 Å². The zero-order valence-electron chi connectivity index (χ0n) is 9.84. The Bertz CT molecular complexity index is 577. The van der Waals surface area contributed by atoms with Crippen molar-refractivity contribution in [2.75, 3.05) is 12.4 Å². The normalized spacial score (nSPS) is 10.2. The molecule has 0 aliphatic carbocycles. The topological polar surface area (TPSA) is 59.8 Å². The lowest BCUT2D eigenvalue weighted by Gasteiger charge is -2.07. The van der Waals surface area contributed by atoms with Gasteiger partial charge in [-0.15, -0.1) is 0 Å². The molecular formula is C12H14N4O. The molecule has 0 aromatic carbocycles. The highest BCUT2D eigenvalue weighted by Crippen LogP contribution is 2.05. The van der Waals surface area contributed by atoms with E-state index in [0.717, 1.165) is 11.5 Å². The molecule has 2 aromatic rings. The van der Waals surface area contributed by atoms with E-state index in [1.165, 1.54) is 6.07 Å². The van der Waals surface area contributed by atoms with Gasteiger partial charge < -0.3 is 9.88 Å². The summed E-state index contributed by atoms with van der Waals surface area (Å²) >= 11 is 0. The molecule has 2 heterocycles. The molecule has 0 saturated heterocycles. The monoisotopic (exact) mass is 230 g/mol. The van der Waals surface area contributed by atoms with Crippen LogP contribution < -0.4 is 10.9 Å². The van der Waals surface area contributed by atoms with Crippen molar-refractivity contribution in [1.82, 2.24) is 14.5 Å². The molecule has 88 valence electrons. The molecule has 0 saturated carbocycles. The first-order valence-corrected chi connectivity index (χ1v) is 5.37. The number of nitrogens with one attached hydrogen (secondary N) is 1. The van der Waals surface area contributed by atoms with Crippen LogP contribution in [0, 0.1) is 6.92 Å². The van der Waals surface area contributed by atoms with E-state index >= 15 is 0 Å². The van der Waals surface area contributed by atoms with Gasteiger partial charge in [0.1, 0.15) is 5.82 Å². The number of aromatic nitrogens is 3. The van der Waals surface area contributed by atoms with Gasteiger partial charge >= 0.3 is 0 Å². The number of aryl methyl sites for hydroxylation is 1. The summed E-state index contributed by atoms with van der Waals surface area (Å²) in [6, 6.07) is 6.91. The largest absolute Gasteiger partial charge is 0.373 e. The SMILES string of the molecule is CNc1cc(C)nc(Cn2ccccc2=O)n1. The average molecular weight is 230 g/mol. The Morgan fingerprint density at radius 2 is 2.18 bits per heavy atom. The maximum absolute atomic E-state index is 11.6. The third kappa shape index (κ3) is 2.69. The average Bonchev–Trinajstić information content (AvgIpc) is 2.31. The van der Waals surface area contributed by atoms with E-state index < -0.39 is 0 Å². The zero-order chi connectivity index (χ0) is 12.3. The van der Waals surface area contributed by atoms with Crippen molar-refractivity contribution >= 4 is 5.82 Å². The van der Waals surface area contributed by atoms with E-state index in [-0.39, 0.29) is 5.56 Å². The molecule has 5 heteroatoms. The fourth-order valence-electron chi connectivity index (χ4n) is 1.57. The van der Waals surface area contributed by atoms with E-state index in [1.807, 2.05) is 19.1 Å². The second-order valence-corrected chi connectivity index (χ2v) is 3.73. The van der Waals surface area contributed by atoms with Gasteiger partial charge in [-0.2, -0.15) is 0 Å². The summed E-state index contributed by atoms with van der Waals surface area (Å²) < 4.78 is 1.58. The Morgan fingerprint density at radius 1 is 1.35 bits per heavy atom. The van der Waals surface area contributed by atoms with Crippen LogP contribution in [0.3, 0.4) is 0 Å². The first kappa shape index (κ1) is 11.3. The minimum atomic E-state index is -0.0522. The summed E-state index contributed by atoms with van der Waals surface area (Å²) in [6.07, 6.45) is 1.73. The van der Waals surface area contributed by atoms with Crippen LogP contribution in [0.5, 0.6) is 0 Å². The van der Waals surface area contributed by atoms with Crippen molar-refractivity contribution in [3.8, 4) is 0 Å². The molecule has 0 spiro atoms. The molecular weight excluding hydrogens is 216 g/mol. The summed E-state index contributed by atoms with van der Waals surface area (Å²) in [5.74, 6) is 1.39. The Balaban J connectivity index is 2.33. The van der Waals surface area contributed by atoms with E-state index in [4.69, 9.17) is 0 Å². The Hall–Kier alpha value is -2.17. The van der Waals surface area contributed by atoms with Crippen LogP contribution >= 0.6 is 0 Å². The smallest absolute Gasteiger partial charge is 0.250 e. The van der Waals surface area contributed by atoms with Crippen LogP contribution in [-0.2, 0) is 6.54 Å². The Morgan fingerprint density at radius 3 is 2.88 bits per heavy atom. The van der Waals surface area contributed by atoms with Crippen LogP contribution in [0.15, 0.2) is 35.3 Å². The Kier molecular flexibility index (Phi) is 3.18. The van der Waals surface area contributed by atoms with Crippen LogP contribution in [0.2, 0.25) is 0 Å². The summed E-state index contributed by atoms with van der Waals surface area (Å²) in [6.45, 7) is 2.29. The van der Waals surface area contributed by atoms with Crippen LogP contribution in [0.25, 0.3) is 0 Å². The van der Waals surface area contributed by atoms with Gasteiger partial charge in [-0.05, 0) is 13.0 Å². The molecule has 0 atom stereocenters.